The number of nitrogens with zero attached hydrogens (tertiary/aromatic N) is 2. The lowest BCUT2D eigenvalue weighted by Gasteiger charge is -2.16. The second-order valence-corrected chi connectivity index (χ2v) is 6.00. The Hall–Kier alpha value is -2.73. The zero-order chi connectivity index (χ0) is 16.9. The number of rotatable bonds is 5. The number of nitro groups is 1. The number of benzene rings is 2. The number of amides is 1. The van der Waals surface area contributed by atoms with Gasteiger partial charge in [-0.15, -0.1) is 0 Å². The highest BCUT2D eigenvalue weighted by Crippen LogP contribution is 2.22. The van der Waals surface area contributed by atoms with Gasteiger partial charge >= 0.3 is 0 Å². The highest BCUT2D eigenvalue weighted by Gasteiger charge is 2.28. The predicted octanol–water partition coefficient (Wildman–Crippen LogP) is 3.06. The lowest BCUT2D eigenvalue weighted by molar-refractivity contribution is -0.384. The van der Waals surface area contributed by atoms with E-state index in [0.717, 1.165) is 19.5 Å². The molecule has 6 nitrogen and oxygen atoms in total. The van der Waals surface area contributed by atoms with Crippen molar-refractivity contribution in [3.05, 3.63) is 70.3 Å². The average Bonchev–Trinajstić information content (AvgIpc) is 3.04. The summed E-state index contributed by atoms with van der Waals surface area (Å²) in [6.07, 6.45) is 0.799. The van der Waals surface area contributed by atoms with Gasteiger partial charge in [0.25, 0.3) is 5.69 Å². The molecule has 0 spiro atoms. The van der Waals surface area contributed by atoms with E-state index in [1.807, 2.05) is 18.2 Å². The summed E-state index contributed by atoms with van der Waals surface area (Å²) in [5.41, 5.74) is 1.68. The van der Waals surface area contributed by atoms with E-state index in [9.17, 15) is 14.9 Å². The number of likely N-dealkylation sites (tertiary alicyclic amines) is 1. The molecule has 1 saturated heterocycles. The molecule has 124 valence electrons. The van der Waals surface area contributed by atoms with Gasteiger partial charge in [0.05, 0.1) is 10.8 Å². The van der Waals surface area contributed by atoms with Gasteiger partial charge in [0, 0.05) is 30.9 Å². The topological polar surface area (TPSA) is 75.5 Å². The number of hydrogen-bond donors (Lipinski definition) is 1. The van der Waals surface area contributed by atoms with Crippen molar-refractivity contribution in [1.82, 2.24) is 4.90 Å². The molecule has 1 aliphatic rings. The third-order valence-electron chi connectivity index (χ3n) is 4.22. The molecule has 0 bridgehead atoms. The SMILES string of the molecule is O=C(Nc1cccc([N+](=O)[O-])c1)C1CCN(Cc2ccccc2)C1. The number of nitro benzene ring substituents is 1. The molecule has 24 heavy (non-hydrogen) atoms. The van der Waals surface area contributed by atoms with Gasteiger partial charge in [0.1, 0.15) is 0 Å². The molecule has 1 atom stereocenters. The molecule has 1 N–H and O–H groups in total. The summed E-state index contributed by atoms with van der Waals surface area (Å²) in [6.45, 7) is 2.42. The van der Waals surface area contributed by atoms with Crippen molar-refractivity contribution in [2.24, 2.45) is 5.92 Å². The molecule has 6 heteroatoms. The zero-order valence-corrected chi connectivity index (χ0v) is 13.2. The van der Waals surface area contributed by atoms with Crippen LogP contribution in [0.3, 0.4) is 0 Å². The Kier molecular flexibility index (Phi) is 4.86. The Morgan fingerprint density at radius 3 is 2.75 bits per heavy atom. The highest BCUT2D eigenvalue weighted by atomic mass is 16.6. The standard InChI is InChI=1S/C18H19N3O3/c22-18(19-16-7-4-8-17(11-16)21(23)24)15-9-10-20(13-15)12-14-5-2-1-3-6-14/h1-8,11,15H,9-10,12-13H2,(H,19,22). The van der Waals surface area contributed by atoms with Gasteiger partial charge in [-0.1, -0.05) is 36.4 Å². The first-order valence-corrected chi connectivity index (χ1v) is 7.93. The minimum absolute atomic E-state index is 0.0232. The summed E-state index contributed by atoms with van der Waals surface area (Å²) in [5, 5.41) is 13.6. The molecule has 1 aliphatic heterocycles. The van der Waals surface area contributed by atoms with Crippen LogP contribution in [0.25, 0.3) is 0 Å². The maximum Gasteiger partial charge on any atom is 0.271 e. The highest BCUT2D eigenvalue weighted by molar-refractivity contribution is 5.93. The average molecular weight is 325 g/mol. The van der Waals surface area contributed by atoms with Crippen molar-refractivity contribution in [3.8, 4) is 0 Å². The van der Waals surface area contributed by atoms with Crippen LogP contribution < -0.4 is 5.32 Å². The molecule has 3 rings (SSSR count). The Morgan fingerprint density at radius 2 is 2.00 bits per heavy atom. The van der Waals surface area contributed by atoms with Gasteiger partial charge < -0.3 is 5.32 Å². The smallest absolute Gasteiger partial charge is 0.271 e. The predicted molar refractivity (Wildman–Crippen MR) is 91.6 cm³/mol. The van der Waals surface area contributed by atoms with Crippen molar-refractivity contribution in [1.29, 1.82) is 0 Å². The minimum atomic E-state index is -0.465. The first-order valence-electron chi connectivity index (χ1n) is 7.93. The summed E-state index contributed by atoms with van der Waals surface area (Å²) in [7, 11) is 0. The van der Waals surface area contributed by atoms with Gasteiger partial charge in [0.15, 0.2) is 0 Å². The Labute approximate surface area is 140 Å². The first kappa shape index (κ1) is 16.1. The second-order valence-electron chi connectivity index (χ2n) is 6.00. The van der Waals surface area contributed by atoms with Gasteiger partial charge in [-0.25, -0.2) is 0 Å². The Bertz CT molecular complexity index is 733. The molecule has 2 aromatic carbocycles. The quantitative estimate of drug-likeness (QED) is 0.677. The van der Waals surface area contributed by atoms with E-state index < -0.39 is 4.92 Å². The number of non-ortho nitro benzene ring substituents is 1. The Morgan fingerprint density at radius 1 is 1.21 bits per heavy atom. The van der Waals surface area contributed by atoms with Crippen LogP contribution in [0.1, 0.15) is 12.0 Å². The molecule has 0 aromatic heterocycles. The van der Waals surface area contributed by atoms with Crippen molar-refractivity contribution in [2.75, 3.05) is 18.4 Å². The molecule has 0 radical (unpaired) electrons. The summed E-state index contributed by atoms with van der Waals surface area (Å²) in [5.74, 6) is -0.168. The normalized spacial score (nSPS) is 17.6. The van der Waals surface area contributed by atoms with Crippen LogP contribution in [-0.2, 0) is 11.3 Å². The number of carbonyl (C=O) groups is 1. The summed E-state index contributed by atoms with van der Waals surface area (Å²) in [4.78, 5) is 25.0. The summed E-state index contributed by atoms with van der Waals surface area (Å²) < 4.78 is 0. The molecule has 1 fully saturated rings. The van der Waals surface area contributed by atoms with Gasteiger partial charge in [0.2, 0.25) is 5.91 Å². The molecule has 1 amide bonds. The fourth-order valence-corrected chi connectivity index (χ4v) is 2.97. The monoisotopic (exact) mass is 325 g/mol. The number of nitrogens with one attached hydrogen (secondary N) is 1. The molecule has 0 saturated carbocycles. The fraction of sp³-hybridized carbons (Fsp3) is 0.278. The first-order chi connectivity index (χ1) is 11.6. The van der Waals surface area contributed by atoms with Gasteiger partial charge in [-0.3, -0.25) is 19.8 Å². The van der Waals surface area contributed by atoms with Crippen LogP contribution in [0.4, 0.5) is 11.4 Å². The fourth-order valence-electron chi connectivity index (χ4n) is 2.97. The maximum atomic E-state index is 12.4. The van der Waals surface area contributed by atoms with E-state index in [0.29, 0.717) is 12.2 Å². The van der Waals surface area contributed by atoms with Crippen LogP contribution in [0.2, 0.25) is 0 Å². The van der Waals surface area contributed by atoms with Crippen molar-refractivity contribution < 1.29 is 9.72 Å². The molecular weight excluding hydrogens is 306 g/mol. The van der Waals surface area contributed by atoms with Crippen LogP contribution in [0.15, 0.2) is 54.6 Å². The maximum absolute atomic E-state index is 12.4. The van der Waals surface area contributed by atoms with Crippen LogP contribution in [-0.4, -0.2) is 28.8 Å². The largest absolute Gasteiger partial charge is 0.326 e. The van der Waals surface area contributed by atoms with E-state index in [2.05, 4.69) is 22.3 Å². The molecule has 0 aliphatic carbocycles. The van der Waals surface area contributed by atoms with E-state index in [4.69, 9.17) is 0 Å². The van der Waals surface area contributed by atoms with Crippen LogP contribution in [0.5, 0.6) is 0 Å². The van der Waals surface area contributed by atoms with Gasteiger partial charge in [-0.05, 0) is 24.6 Å². The number of hydrogen-bond acceptors (Lipinski definition) is 4. The van der Waals surface area contributed by atoms with Crippen LogP contribution >= 0.6 is 0 Å². The summed E-state index contributed by atoms with van der Waals surface area (Å²) >= 11 is 0. The van der Waals surface area contributed by atoms with E-state index >= 15 is 0 Å². The second kappa shape index (κ2) is 7.23. The number of anilines is 1. The van der Waals surface area contributed by atoms with Crippen molar-refractivity contribution >= 4 is 17.3 Å². The zero-order valence-electron chi connectivity index (χ0n) is 13.2. The summed E-state index contributed by atoms with van der Waals surface area (Å²) in [6, 6.07) is 16.2. The third-order valence-corrected chi connectivity index (χ3v) is 4.22. The molecule has 1 unspecified atom stereocenters. The molecule has 2 aromatic rings. The molecular formula is C18H19N3O3. The van der Waals surface area contributed by atoms with Gasteiger partial charge in [-0.2, -0.15) is 0 Å². The van der Waals surface area contributed by atoms with E-state index in [1.54, 1.807) is 12.1 Å². The van der Waals surface area contributed by atoms with Crippen molar-refractivity contribution in [3.63, 3.8) is 0 Å². The van der Waals surface area contributed by atoms with Crippen LogP contribution in [0, 0.1) is 16.0 Å². The third kappa shape index (κ3) is 3.97. The lowest BCUT2D eigenvalue weighted by Crippen LogP contribution is -2.26. The van der Waals surface area contributed by atoms with E-state index in [1.165, 1.54) is 17.7 Å². The van der Waals surface area contributed by atoms with E-state index in [-0.39, 0.29) is 17.5 Å². The van der Waals surface area contributed by atoms with Crippen molar-refractivity contribution in [2.45, 2.75) is 13.0 Å². The minimum Gasteiger partial charge on any atom is -0.326 e. The number of carbonyl (C=O) groups excluding carboxylic acids is 1. The Balaban J connectivity index is 1.56. The lowest BCUT2D eigenvalue weighted by atomic mass is 10.1. The molecule has 1 heterocycles.